The second-order valence-electron chi connectivity index (χ2n) is 17.1. The molecular weight excluding hydrogens is 957 g/mol. The van der Waals surface area contributed by atoms with Gasteiger partial charge < -0.3 is 91.7 Å². The predicted octanol–water partition coefficient (Wildman–Crippen LogP) is -6.36. The van der Waals surface area contributed by atoms with Crippen molar-refractivity contribution in [2.24, 2.45) is 44.4 Å². The molecular formula is C44H76N18O11. The monoisotopic (exact) mass is 1030 g/mol. The summed E-state index contributed by atoms with van der Waals surface area (Å²) in [6, 6.07) is -7.64. The summed E-state index contributed by atoms with van der Waals surface area (Å²) in [5.74, 6) is -8.34. The Morgan fingerprint density at radius 3 is 2.23 bits per heavy atom. The summed E-state index contributed by atoms with van der Waals surface area (Å²) in [6.45, 7) is 1.35. The van der Waals surface area contributed by atoms with E-state index in [1.165, 1.54) is 30.4 Å². The Hall–Kier alpha value is -6.92. The number of nitrogens with two attached hydrogens (primary N) is 6. The number of imidazole rings is 1. The number of amides is 8. The number of carbonyl (C=O) groups excluding carboxylic acids is 8. The summed E-state index contributed by atoms with van der Waals surface area (Å²) < 4.78 is 0. The molecule has 0 aromatic carbocycles. The van der Waals surface area contributed by atoms with Crippen LogP contribution in [0.4, 0.5) is 0 Å². The lowest BCUT2D eigenvalue weighted by Crippen LogP contribution is -2.60. The maximum absolute atomic E-state index is 14.1. The van der Waals surface area contributed by atoms with Gasteiger partial charge in [0.1, 0.15) is 41.6 Å². The van der Waals surface area contributed by atoms with Crippen molar-refractivity contribution in [3.8, 4) is 0 Å². The lowest BCUT2D eigenvalue weighted by molar-refractivity contribution is -0.137. The van der Waals surface area contributed by atoms with Crippen molar-refractivity contribution >= 4 is 64.9 Å². The van der Waals surface area contributed by atoms with Crippen molar-refractivity contribution in [3.05, 3.63) is 30.0 Å². The number of aromatic amines is 1. The molecule has 0 spiro atoms. The van der Waals surface area contributed by atoms with Crippen molar-refractivity contribution in [1.82, 2.24) is 52.1 Å². The highest BCUT2D eigenvalue weighted by atomic mass is 16.4. The molecule has 1 aliphatic heterocycles. The number of carboxylic acid groups (broad SMARTS) is 1. The minimum Gasteiger partial charge on any atom is -0.477 e. The summed E-state index contributed by atoms with van der Waals surface area (Å²) >= 11 is 0. The minimum atomic E-state index is -1.56. The van der Waals surface area contributed by atoms with Gasteiger partial charge in [0.05, 0.1) is 25.0 Å². The van der Waals surface area contributed by atoms with Crippen LogP contribution in [-0.2, 0) is 49.6 Å². The molecule has 1 aromatic rings. The van der Waals surface area contributed by atoms with E-state index in [1.54, 1.807) is 7.05 Å². The molecule has 2 rings (SSSR count). The number of carboxylic acids is 1. The first-order chi connectivity index (χ1) is 34.8. The lowest BCUT2D eigenvalue weighted by Gasteiger charge is -2.27. The van der Waals surface area contributed by atoms with E-state index >= 15 is 0 Å². The molecule has 29 heteroatoms. The van der Waals surface area contributed by atoms with Crippen LogP contribution in [-0.4, -0.2) is 185 Å². The molecule has 8 amide bonds. The first-order valence-corrected chi connectivity index (χ1v) is 24.1. The number of aliphatic hydroxyl groups is 1. The Morgan fingerprint density at radius 1 is 0.890 bits per heavy atom. The molecule has 73 heavy (non-hydrogen) atoms. The Morgan fingerprint density at radius 2 is 1.60 bits per heavy atom. The van der Waals surface area contributed by atoms with E-state index in [4.69, 9.17) is 34.4 Å². The van der Waals surface area contributed by atoms with Gasteiger partial charge in [-0.3, -0.25) is 43.3 Å². The number of hydrogen-bond acceptors (Lipinski definition) is 17. The van der Waals surface area contributed by atoms with Crippen molar-refractivity contribution in [2.75, 3.05) is 52.9 Å². The molecule has 29 nitrogen and oxygen atoms in total. The summed E-state index contributed by atoms with van der Waals surface area (Å²) in [7, 11) is 1.79. The molecule has 408 valence electrons. The number of rotatable bonds is 34. The van der Waals surface area contributed by atoms with Gasteiger partial charge in [0, 0.05) is 37.9 Å². The van der Waals surface area contributed by atoms with Crippen LogP contribution in [0.25, 0.3) is 0 Å². The number of carbonyl (C=O) groups is 9. The van der Waals surface area contributed by atoms with Crippen LogP contribution in [0, 0.1) is 0 Å². The zero-order valence-corrected chi connectivity index (χ0v) is 41.5. The van der Waals surface area contributed by atoms with E-state index in [0.29, 0.717) is 44.3 Å². The van der Waals surface area contributed by atoms with Crippen LogP contribution in [0.15, 0.2) is 34.3 Å². The first-order valence-electron chi connectivity index (χ1n) is 24.1. The van der Waals surface area contributed by atoms with Gasteiger partial charge in [-0.2, -0.15) is 0 Å². The largest absolute Gasteiger partial charge is 0.477 e. The van der Waals surface area contributed by atoms with Crippen LogP contribution in [0.5, 0.6) is 0 Å². The topological polar surface area (TPSA) is 491 Å². The minimum absolute atomic E-state index is 0.0404. The SMILES string of the molecule is CNCCCC[C@H](N)C(=O)N[C@H](C(=O)N[C@@H](C)C(=O)NCC(=O)N=C(CCCN)C(=O)N1CCC[C@H]1C(=O)N[C@@H](Cc1cnc[nH]1)C(=O)N[C@@H](CCCCN)C(=O)N/C(=C\CCN=C(N)N)C(=O)O)[C@@H](O)CN. The number of aliphatic carboxylic acids is 1. The number of unbranched alkanes of at least 4 members (excludes halogenated alkanes) is 2. The first kappa shape index (κ1) is 62.2. The molecule has 1 aromatic heterocycles. The smallest absolute Gasteiger partial charge is 0.352 e. The molecule has 0 aliphatic carbocycles. The van der Waals surface area contributed by atoms with Crippen molar-refractivity contribution in [3.63, 3.8) is 0 Å². The Kier molecular flexibility index (Phi) is 28.7. The number of likely N-dealkylation sites (tertiary alicyclic amines) is 1. The van der Waals surface area contributed by atoms with Gasteiger partial charge in [0.25, 0.3) is 11.8 Å². The number of aliphatic imine (C=N–C) groups is 2. The molecule has 0 bridgehead atoms. The number of nitrogens with one attached hydrogen (secondary N) is 8. The van der Waals surface area contributed by atoms with Gasteiger partial charge in [-0.1, -0.05) is 12.5 Å². The van der Waals surface area contributed by atoms with Crippen molar-refractivity contribution in [1.29, 1.82) is 0 Å². The van der Waals surface area contributed by atoms with E-state index in [-0.39, 0.29) is 76.4 Å². The molecule has 22 N–H and O–H groups in total. The molecule has 1 fully saturated rings. The highest BCUT2D eigenvalue weighted by Crippen LogP contribution is 2.20. The van der Waals surface area contributed by atoms with E-state index < -0.39 is 114 Å². The molecule has 1 aliphatic rings. The van der Waals surface area contributed by atoms with E-state index in [1.807, 2.05) is 0 Å². The Balaban J connectivity index is 2.23. The zero-order valence-electron chi connectivity index (χ0n) is 41.5. The van der Waals surface area contributed by atoms with Gasteiger partial charge in [-0.25, -0.2) is 14.8 Å². The summed E-state index contributed by atoms with van der Waals surface area (Å²) in [5, 5.41) is 37.9. The normalized spacial score (nSPS) is 16.2. The molecule has 7 atom stereocenters. The zero-order chi connectivity index (χ0) is 54.5. The van der Waals surface area contributed by atoms with E-state index in [2.05, 4.69) is 57.2 Å². The van der Waals surface area contributed by atoms with Crippen LogP contribution in [0.3, 0.4) is 0 Å². The number of aromatic nitrogens is 2. The van der Waals surface area contributed by atoms with Gasteiger partial charge in [0.15, 0.2) is 5.96 Å². The van der Waals surface area contributed by atoms with Crippen LogP contribution >= 0.6 is 0 Å². The van der Waals surface area contributed by atoms with Gasteiger partial charge in [-0.05, 0) is 97.8 Å². The highest BCUT2D eigenvalue weighted by molar-refractivity contribution is 6.40. The number of guanidine groups is 1. The molecule has 2 heterocycles. The van der Waals surface area contributed by atoms with Gasteiger partial charge >= 0.3 is 5.97 Å². The quantitative estimate of drug-likeness (QED) is 0.0132. The summed E-state index contributed by atoms with van der Waals surface area (Å²) in [4.78, 5) is 136. The average molecular weight is 1030 g/mol. The number of aliphatic hydroxyl groups excluding tert-OH is 1. The van der Waals surface area contributed by atoms with Crippen molar-refractivity contribution in [2.45, 2.75) is 126 Å². The number of hydrogen-bond donors (Lipinski definition) is 16. The van der Waals surface area contributed by atoms with Crippen molar-refractivity contribution < 1.29 is 53.4 Å². The maximum Gasteiger partial charge on any atom is 0.352 e. The lowest BCUT2D eigenvalue weighted by atomic mass is 10.1. The predicted molar refractivity (Wildman–Crippen MR) is 267 cm³/mol. The van der Waals surface area contributed by atoms with Gasteiger partial charge in [0.2, 0.25) is 35.4 Å². The summed E-state index contributed by atoms with van der Waals surface area (Å²) in [6.07, 6.45) is 5.55. The van der Waals surface area contributed by atoms with Crippen LogP contribution in [0.1, 0.15) is 83.2 Å². The van der Waals surface area contributed by atoms with E-state index in [9.17, 15) is 53.4 Å². The third kappa shape index (κ3) is 22.6. The third-order valence-corrected chi connectivity index (χ3v) is 11.3. The standard InChI is InChI=1S/C44H76N18O11/c1-25(56-41(70)35(33(63)21-47)61-37(66)27(48)10-4-6-17-51-2)36(65)54-23-34(64)57-29(12-7-16-46)42(71)62-19-9-14-32(62)40(69)60-31(20-26-22-52-24-55-26)39(68)58-28(11-3-5-15-45)38(67)59-30(43(72)73)13-8-18-53-44(49)50/h13,22,24-25,27-28,31-33,35,51,63H,3-12,14-21,23,45-48H2,1-2H3,(H,52,55)(H,54,65)(H,56,70)(H,58,68)(H,59,67)(H,60,69)(H,61,66)(H,72,73)(H4,49,50,53)/b30-13-,57-29?/t25-,27-,28-,31-,32-,33-,35-/m0/s1. The third-order valence-electron chi connectivity index (χ3n) is 11.3. The fourth-order valence-electron chi connectivity index (χ4n) is 7.27. The summed E-state index contributed by atoms with van der Waals surface area (Å²) in [5.41, 5.74) is 33.3. The molecule has 0 radical (unpaired) electrons. The fourth-order valence-corrected chi connectivity index (χ4v) is 7.27. The number of H-pyrrole nitrogens is 1. The number of nitrogens with zero attached hydrogens (tertiary/aromatic N) is 4. The second-order valence-corrected chi connectivity index (χ2v) is 17.1. The van der Waals surface area contributed by atoms with Gasteiger partial charge in [-0.15, -0.1) is 0 Å². The average Bonchev–Trinajstić information content (AvgIpc) is 4.08. The molecule has 0 saturated carbocycles. The van der Waals surface area contributed by atoms with Crippen LogP contribution in [0.2, 0.25) is 0 Å². The maximum atomic E-state index is 14.1. The Labute approximate surface area is 423 Å². The molecule has 1 saturated heterocycles. The fraction of sp³-hybridized carbons (Fsp3) is 0.636. The molecule has 0 unspecified atom stereocenters. The highest BCUT2D eigenvalue weighted by Gasteiger charge is 2.38. The van der Waals surface area contributed by atoms with Crippen LogP contribution < -0.4 is 71.6 Å². The van der Waals surface area contributed by atoms with E-state index in [0.717, 1.165) is 6.42 Å². The Bertz CT molecular complexity index is 2080. The second kappa shape index (κ2) is 33.7.